The predicted octanol–water partition coefficient (Wildman–Crippen LogP) is 3.98. The Hall–Kier alpha value is -1.41. The zero-order chi connectivity index (χ0) is 10.2. The van der Waals surface area contributed by atoms with Crippen LogP contribution in [0.3, 0.4) is 0 Å². The lowest BCUT2D eigenvalue weighted by molar-refractivity contribution is 0.380. The molecule has 0 heterocycles. The van der Waals surface area contributed by atoms with Crippen molar-refractivity contribution in [1.82, 2.24) is 0 Å². The first-order valence-electron chi connectivity index (χ1n) is 4.95. The fourth-order valence-corrected chi connectivity index (χ4v) is 1.46. The molecule has 1 rings (SSSR count). The van der Waals surface area contributed by atoms with Crippen LogP contribution >= 0.6 is 0 Å². The summed E-state index contributed by atoms with van der Waals surface area (Å²) in [7, 11) is 0. The fourth-order valence-electron chi connectivity index (χ4n) is 1.46. The molecule has 1 N–H and O–H groups in total. The number of rotatable bonds is 1. The zero-order valence-corrected chi connectivity index (χ0v) is 8.19. The van der Waals surface area contributed by atoms with E-state index in [0.717, 1.165) is 37.8 Å². The highest BCUT2D eigenvalue weighted by Crippen LogP contribution is 2.16. The molecule has 0 unspecified atom stereocenters. The second-order valence-electron chi connectivity index (χ2n) is 3.36. The molecule has 0 aliphatic heterocycles. The predicted molar refractivity (Wildman–Crippen MR) is 55.6 cm³/mol. The Labute approximate surface area is 83.6 Å². The largest absolute Gasteiger partial charge is 0.513 e. The van der Waals surface area contributed by atoms with Crippen molar-refractivity contribution in [2.45, 2.75) is 38.5 Å². The van der Waals surface area contributed by atoms with Crippen LogP contribution in [0, 0.1) is 0 Å². The molecule has 0 aromatic rings. The van der Waals surface area contributed by atoms with E-state index < -0.39 is 0 Å². The molecule has 0 atom stereocenters. The van der Waals surface area contributed by atoms with Gasteiger partial charge in [-0.15, -0.1) is 0 Å². The van der Waals surface area contributed by atoms with Crippen LogP contribution in [0.5, 0.6) is 0 Å². The number of aliphatic hydroxyl groups excluding tert-OH is 1. The Morgan fingerprint density at radius 2 is 2.00 bits per heavy atom. The summed E-state index contributed by atoms with van der Waals surface area (Å²) >= 11 is 0. The first-order chi connectivity index (χ1) is 6.83. The van der Waals surface area contributed by atoms with Gasteiger partial charge in [-0.05, 0) is 43.7 Å². The number of allylic oxidation sites excluding steroid dienone is 4. The van der Waals surface area contributed by atoms with E-state index in [-0.39, 0.29) is 0 Å². The molecule has 0 spiro atoms. The van der Waals surface area contributed by atoms with Crippen LogP contribution in [0.15, 0.2) is 28.7 Å². The summed E-state index contributed by atoms with van der Waals surface area (Å²) in [5.74, 6) is 0.465. The van der Waals surface area contributed by atoms with Gasteiger partial charge in [0.2, 0.25) is 0 Å². The number of azide groups is 1. The summed E-state index contributed by atoms with van der Waals surface area (Å²) < 4.78 is 0. The molecule has 1 aliphatic rings. The van der Waals surface area contributed by atoms with Gasteiger partial charge in [0.1, 0.15) is 0 Å². The van der Waals surface area contributed by atoms with Gasteiger partial charge in [0.15, 0.2) is 0 Å². The summed E-state index contributed by atoms with van der Waals surface area (Å²) in [6.45, 7) is 0. The Morgan fingerprint density at radius 1 is 1.21 bits per heavy atom. The molecule has 0 amide bonds. The van der Waals surface area contributed by atoms with Crippen molar-refractivity contribution >= 4 is 0 Å². The lowest BCUT2D eigenvalue weighted by Crippen LogP contribution is -1.88. The van der Waals surface area contributed by atoms with E-state index in [1.165, 1.54) is 0 Å². The minimum atomic E-state index is 0.465. The third kappa shape index (κ3) is 4.01. The van der Waals surface area contributed by atoms with Gasteiger partial charge in [0.05, 0.1) is 5.76 Å². The van der Waals surface area contributed by atoms with Crippen molar-refractivity contribution in [1.29, 1.82) is 0 Å². The molecule has 14 heavy (non-hydrogen) atoms. The molecule has 0 fully saturated rings. The molecule has 0 aromatic heterocycles. The summed E-state index contributed by atoms with van der Waals surface area (Å²) in [6, 6.07) is 0. The molecular formula is C10H15N3O. The minimum absolute atomic E-state index is 0.465. The molecule has 4 heteroatoms. The number of nitrogens with zero attached hydrogens (tertiary/aromatic N) is 3. The Kier molecular flexibility index (Phi) is 4.65. The third-order valence-corrected chi connectivity index (χ3v) is 2.21. The third-order valence-electron chi connectivity index (χ3n) is 2.21. The summed E-state index contributed by atoms with van der Waals surface area (Å²) in [5, 5.41) is 13.0. The van der Waals surface area contributed by atoms with Crippen LogP contribution in [-0.2, 0) is 0 Å². The van der Waals surface area contributed by atoms with E-state index in [0.29, 0.717) is 12.2 Å². The molecule has 0 saturated heterocycles. The van der Waals surface area contributed by atoms with Crippen molar-refractivity contribution < 1.29 is 5.11 Å². The van der Waals surface area contributed by atoms with E-state index >= 15 is 0 Å². The molecule has 0 bridgehead atoms. The van der Waals surface area contributed by atoms with E-state index in [4.69, 9.17) is 5.53 Å². The lowest BCUT2D eigenvalue weighted by Gasteiger charge is -2.04. The molecule has 76 valence electrons. The van der Waals surface area contributed by atoms with E-state index in [1.807, 2.05) is 12.2 Å². The summed E-state index contributed by atoms with van der Waals surface area (Å²) in [5.41, 5.74) is 9.12. The lowest BCUT2D eigenvalue weighted by atomic mass is 10.1. The fraction of sp³-hybridized carbons (Fsp3) is 0.600. The van der Waals surface area contributed by atoms with Gasteiger partial charge in [-0.2, -0.15) is 0 Å². The average molecular weight is 193 g/mol. The highest BCUT2D eigenvalue weighted by atomic mass is 16.3. The zero-order valence-electron chi connectivity index (χ0n) is 8.19. The molecule has 4 nitrogen and oxygen atoms in total. The van der Waals surface area contributed by atoms with Crippen LogP contribution in [0.25, 0.3) is 10.4 Å². The SMILES string of the molecule is [N-]=[N+]=N/C1=C/CCC/C=C(/O)CCC1. The first kappa shape index (κ1) is 10.7. The van der Waals surface area contributed by atoms with Gasteiger partial charge in [0, 0.05) is 17.0 Å². The molecular weight excluding hydrogens is 178 g/mol. The van der Waals surface area contributed by atoms with Gasteiger partial charge in [-0.25, -0.2) is 0 Å². The van der Waals surface area contributed by atoms with Crippen molar-refractivity contribution in [2.24, 2.45) is 5.11 Å². The van der Waals surface area contributed by atoms with E-state index in [9.17, 15) is 5.11 Å². The van der Waals surface area contributed by atoms with Crippen LogP contribution < -0.4 is 0 Å². The Morgan fingerprint density at radius 3 is 2.79 bits per heavy atom. The standard InChI is InChI=1S/C10H15N3O/c11-13-12-9-5-2-1-3-7-10(14)8-4-6-9/h5,7,14H,1-4,6,8H2/b9-5+,10-7+. The van der Waals surface area contributed by atoms with E-state index in [2.05, 4.69) is 10.0 Å². The van der Waals surface area contributed by atoms with Crippen molar-refractivity contribution in [3.8, 4) is 0 Å². The van der Waals surface area contributed by atoms with Crippen molar-refractivity contribution in [3.63, 3.8) is 0 Å². The van der Waals surface area contributed by atoms with Gasteiger partial charge >= 0.3 is 0 Å². The Balaban J connectivity index is 2.56. The van der Waals surface area contributed by atoms with E-state index in [1.54, 1.807) is 0 Å². The van der Waals surface area contributed by atoms with Gasteiger partial charge in [-0.3, -0.25) is 0 Å². The Bertz CT molecular complexity index is 288. The van der Waals surface area contributed by atoms with Crippen LogP contribution in [0.4, 0.5) is 0 Å². The molecule has 0 radical (unpaired) electrons. The topological polar surface area (TPSA) is 69.0 Å². The first-order valence-corrected chi connectivity index (χ1v) is 4.95. The van der Waals surface area contributed by atoms with Crippen molar-refractivity contribution in [2.75, 3.05) is 0 Å². The molecule has 1 aliphatic carbocycles. The van der Waals surface area contributed by atoms with Gasteiger partial charge in [0.25, 0.3) is 0 Å². The maximum atomic E-state index is 9.39. The highest BCUT2D eigenvalue weighted by molar-refractivity contribution is 5.02. The summed E-state index contributed by atoms with van der Waals surface area (Å²) in [6.07, 6.45) is 8.95. The van der Waals surface area contributed by atoms with Gasteiger partial charge in [-0.1, -0.05) is 11.2 Å². The second kappa shape index (κ2) is 6.11. The number of hydrogen-bond acceptors (Lipinski definition) is 2. The van der Waals surface area contributed by atoms with Crippen LogP contribution in [0.2, 0.25) is 0 Å². The quantitative estimate of drug-likeness (QED) is 0.382. The maximum Gasteiger partial charge on any atom is 0.0882 e. The second-order valence-corrected chi connectivity index (χ2v) is 3.36. The van der Waals surface area contributed by atoms with Gasteiger partial charge < -0.3 is 5.11 Å². The monoisotopic (exact) mass is 193 g/mol. The molecule has 0 aromatic carbocycles. The van der Waals surface area contributed by atoms with Crippen LogP contribution in [0.1, 0.15) is 38.5 Å². The number of hydrogen-bond donors (Lipinski definition) is 1. The normalized spacial score (nSPS) is 26.3. The average Bonchev–Trinajstić information content (AvgIpc) is 2.17. The molecule has 0 saturated carbocycles. The smallest absolute Gasteiger partial charge is 0.0882 e. The number of aliphatic hydroxyl groups is 1. The summed E-state index contributed by atoms with van der Waals surface area (Å²) in [4.78, 5) is 2.78. The van der Waals surface area contributed by atoms with Crippen LogP contribution in [-0.4, -0.2) is 5.11 Å². The van der Waals surface area contributed by atoms with Crippen molar-refractivity contribution in [3.05, 3.63) is 34.1 Å². The maximum absolute atomic E-state index is 9.39. The minimum Gasteiger partial charge on any atom is -0.513 e. The highest BCUT2D eigenvalue weighted by Gasteiger charge is 2.00.